The fraction of sp³-hybridized carbons (Fsp3) is 0.600. The van der Waals surface area contributed by atoms with E-state index in [1.807, 2.05) is 6.92 Å². The summed E-state index contributed by atoms with van der Waals surface area (Å²) < 4.78 is 28.2. The molecule has 1 aromatic rings. The number of nitrogens with one attached hydrogen (secondary N) is 1. The molecule has 0 aromatic carbocycles. The van der Waals surface area contributed by atoms with E-state index in [-0.39, 0.29) is 5.54 Å². The predicted molar refractivity (Wildman–Crippen MR) is 69.2 cm³/mol. The Bertz CT molecular complexity index is 475. The van der Waals surface area contributed by atoms with Crippen molar-refractivity contribution in [3.8, 4) is 0 Å². The first kappa shape index (κ1) is 12.5. The highest BCUT2D eigenvalue weighted by Crippen LogP contribution is 2.32. The van der Waals surface area contributed by atoms with E-state index < -0.39 is 10.0 Å². The summed E-state index contributed by atoms with van der Waals surface area (Å²) in [5.74, 6) is 0. The van der Waals surface area contributed by atoms with Crippen LogP contribution in [0.2, 0.25) is 0 Å². The maximum atomic E-state index is 12.1. The average molecular weight is 324 g/mol. The van der Waals surface area contributed by atoms with Crippen LogP contribution < -0.4 is 4.72 Å². The van der Waals surface area contributed by atoms with E-state index in [1.165, 1.54) is 11.3 Å². The van der Waals surface area contributed by atoms with Crippen LogP contribution in [0.25, 0.3) is 0 Å². The number of thiophene rings is 1. The zero-order chi connectivity index (χ0) is 11.8. The second kappa shape index (κ2) is 4.40. The van der Waals surface area contributed by atoms with Gasteiger partial charge in [-0.05, 0) is 47.8 Å². The fourth-order valence-corrected chi connectivity index (χ4v) is 5.55. The number of halogens is 1. The van der Waals surface area contributed by atoms with E-state index in [1.54, 1.807) is 12.1 Å². The molecule has 1 aromatic heterocycles. The molecule has 0 saturated heterocycles. The lowest BCUT2D eigenvalue weighted by atomic mass is 10.0. The van der Waals surface area contributed by atoms with E-state index in [9.17, 15) is 8.42 Å². The minimum Gasteiger partial charge on any atom is -0.206 e. The first-order valence-electron chi connectivity index (χ1n) is 5.21. The molecule has 1 aliphatic rings. The summed E-state index contributed by atoms with van der Waals surface area (Å²) in [6, 6.07) is 3.39. The minimum absolute atomic E-state index is 0.255. The molecular formula is C10H14BrNO2S2. The Morgan fingerprint density at radius 3 is 2.50 bits per heavy atom. The Balaban J connectivity index is 2.20. The number of hydrogen-bond donors (Lipinski definition) is 1. The van der Waals surface area contributed by atoms with Gasteiger partial charge in [-0.2, -0.15) is 0 Å². The highest BCUT2D eigenvalue weighted by Gasteiger charge is 2.33. The van der Waals surface area contributed by atoms with Crippen LogP contribution in [0.1, 0.15) is 32.6 Å². The van der Waals surface area contributed by atoms with Crippen LogP contribution in [-0.4, -0.2) is 14.0 Å². The van der Waals surface area contributed by atoms with Crippen LogP contribution in [0, 0.1) is 0 Å². The monoisotopic (exact) mass is 323 g/mol. The van der Waals surface area contributed by atoms with Gasteiger partial charge in [-0.1, -0.05) is 12.8 Å². The maximum Gasteiger partial charge on any atom is 0.250 e. The summed E-state index contributed by atoms with van der Waals surface area (Å²) >= 11 is 4.52. The molecule has 2 rings (SSSR count). The summed E-state index contributed by atoms with van der Waals surface area (Å²) in [4.78, 5) is 0. The molecule has 6 heteroatoms. The summed E-state index contributed by atoms with van der Waals surface area (Å²) in [5.41, 5.74) is -0.255. The quantitative estimate of drug-likeness (QED) is 0.928. The van der Waals surface area contributed by atoms with E-state index in [0.717, 1.165) is 29.5 Å². The topological polar surface area (TPSA) is 46.2 Å². The Labute approximate surface area is 108 Å². The third-order valence-corrected chi connectivity index (χ3v) is 6.66. The predicted octanol–water partition coefficient (Wildman–Crippen LogP) is 3.12. The van der Waals surface area contributed by atoms with Crippen molar-refractivity contribution in [3.05, 3.63) is 15.9 Å². The van der Waals surface area contributed by atoms with Crippen LogP contribution >= 0.6 is 27.3 Å². The fourth-order valence-electron chi connectivity index (χ4n) is 2.07. The molecule has 0 spiro atoms. The Morgan fingerprint density at radius 1 is 1.38 bits per heavy atom. The van der Waals surface area contributed by atoms with Crippen molar-refractivity contribution in [1.29, 1.82) is 0 Å². The third kappa shape index (κ3) is 2.67. The SMILES string of the molecule is CC1(NS(=O)(=O)c2ccc(Br)s2)CCCC1. The van der Waals surface area contributed by atoms with E-state index in [0.29, 0.717) is 4.21 Å². The zero-order valence-corrected chi connectivity index (χ0v) is 12.2. The van der Waals surface area contributed by atoms with E-state index in [2.05, 4.69) is 20.7 Å². The molecule has 0 bridgehead atoms. The molecular weight excluding hydrogens is 310 g/mol. The summed E-state index contributed by atoms with van der Waals surface area (Å²) in [6.45, 7) is 1.99. The van der Waals surface area contributed by atoms with Gasteiger partial charge in [0.2, 0.25) is 0 Å². The van der Waals surface area contributed by atoms with Gasteiger partial charge in [0.1, 0.15) is 4.21 Å². The van der Waals surface area contributed by atoms with Gasteiger partial charge in [0.05, 0.1) is 3.79 Å². The van der Waals surface area contributed by atoms with Crippen LogP contribution in [0.5, 0.6) is 0 Å². The lowest BCUT2D eigenvalue weighted by Gasteiger charge is -2.24. The smallest absolute Gasteiger partial charge is 0.206 e. The average Bonchev–Trinajstić information content (AvgIpc) is 2.74. The van der Waals surface area contributed by atoms with Gasteiger partial charge in [0.15, 0.2) is 0 Å². The molecule has 0 atom stereocenters. The molecule has 3 nitrogen and oxygen atoms in total. The van der Waals surface area contributed by atoms with Crippen LogP contribution in [0.15, 0.2) is 20.1 Å². The standard InChI is InChI=1S/C10H14BrNO2S2/c1-10(6-2-3-7-10)12-16(13,14)9-5-4-8(11)15-9/h4-5,12H,2-3,6-7H2,1H3. The maximum absolute atomic E-state index is 12.1. The molecule has 0 amide bonds. The summed E-state index contributed by atoms with van der Waals surface area (Å²) in [5, 5.41) is 0. The molecule has 1 saturated carbocycles. The highest BCUT2D eigenvalue weighted by atomic mass is 79.9. The Kier molecular flexibility index (Phi) is 3.45. The molecule has 90 valence electrons. The van der Waals surface area contributed by atoms with Crippen LogP contribution in [0.3, 0.4) is 0 Å². The molecule has 1 aliphatic carbocycles. The molecule has 1 heterocycles. The van der Waals surface area contributed by atoms with Crippen molar-refractivity contribution in [2.75, 3.05) is 0 Å². The van der Waals surface area contributed by atoms with E-state index >= 15 is 0 Å². The Hall–Kier alpha value is 0.0900. The van der Waals surface area contributed by atoms with Crippen molar-refractivity contribution in [1.82, 2.24) is 4.72 Å². The lowest BCUT2D eigenvalue weighted by molar-refractivity contribution is 0.428. The van der Waals surface area contributed by atoms with Crippen molar-refractivity contribution in [2.45, 2.75) is 42.4 Å². The van der Waals surface area contributed by atoms with Crippen molar-refractivity contribution in [2.24, 2.45) is 0 Å². The molecule has 0 aliphatic heterocycles. The van der Waals surface area contributed by atoms with Gasteiger partial charge in [0.25, 0.3) is 10.0 Å². The Morgan fingerprint density at radius 2 is 2.00 bits per heavy atom. The molecule has 0 radical (unpaired) electrons. The second-order valence-electron chi connectivity index (χ2n) is 4.43. The van der Waals surface area contributed by atoms with Gasteiger partial charge in [-0.3, -0.25) is 0 Å². The van der Waals surface area contributed by atoms with Crippen LogP contribution in [-0.2, 0) is 10.0 Å². The minimum atomic E-state index is -3.34. The van der Waals surface area contributed by atoms with Gasteiger partial charge in [-0.25, -0.2) is 13.1 Å². The van der Waals surface area contributed by atoms with E-state index in [4.69, 9.17) is 0 Å². The number of sulfonamides is 1. The van der Waals surface area contributed by atoms with Crippen molar-refractivity contribution in [3.63, 3.8) is 0 Å². The summed E-state index contributed by atoms with van der Waals surface area (Å²) in [7, 11) is -3.34. The van der Waals surface area contributed by atoms with Gasteiger partial charge in [-0.15, -0.1) is 11.3 Å². The first-order valence-corrected chi connectivity index (χ1v) is 8.30. The van der Waals surface area contributed by atoms with Gasteiger partial charge >= 0.3 is 0 Å². The van der Waals surface area contributed by atoms with Crippen LogP contribution in [0.4, 0.5) is 0 Å². The number of hydrogen-bond acceptors (Lipinski definition) is 3. The first-order chi connectivity index (χ1) is 7.41. The third-order valence-electron chi connectivity index (χ3n) is 2.90. The zero-order valence-electron chi connectivity index (χ0n) is 8.99. The highest BCUT2D eigenvalue weighted by molar-refractivity contribution is 9.11. The number of rotatable bonds is 3. The van der Waals surface area contributed by atoms with Crippen molar-refractivity contribution >= 4 is 37.3 Å². The van der Waals surface area contributed by atoms with Crippen molar-refractivity contribution < 1.29 is 8.42 Å². The molecule has 0 unspecified atom stereocenters. The lowest BCUT2D eigenvalue weighted by Crippen LogP contribution is -2.43. The van der Waals surface area contributed by atoms with Gasteiger partial charge < -0.3 is 0 Å². The molecule has 1 N–H and O–H groups in total. The largest absolute Gasteiger partial charge is 0.250 e. The normalized spacial score (nSPS) is 20.1. The van der Waals surface area contributed by atoms with Gasteiger partial charge in [0, 0.05) is 5.54 Å². The molecule has 1 fully saturated rings. The molecule has 16 heavy (non-hydrogen) atoms. The summed E-state index contributed by atoms with van der Waals surface area (Å²) in [6.07, 6.45) is 4.07. The second-order valence-corrected chi connectivity index (χ2v) is 8.80.